The Morgan fingerprint density at radius 3 is 2.75 bits per heavy atom. The van der Waals surface area contributed by atoms with E-state index in [1.54, 1.807) is 0 Å². The van der Waals surface area contributed by atoms with Crippen LogP contribution in [0.3, 0.4) is 0 Å². The van der Waals surface area contributed by atoms with Crippen LogP contribution >= 0.6 is 0 Å². The van der Waals surface area contributed by atoms with Crippen LogP contribution in [0.15, 0.2) is 0 Å². The minimum absolute atomic E-state index is 0.0788. The Bertz CT molecular complexity index is 196. The first kappa shape index (κ1) is 13.9. The van der Waals surface area contributed by atoms with Crippen LogP contribution in [0.25, 0.3) is 0 Å². The lowest BCUT2D eigenvalue weighted by atomic mass is 9.73. The van der Waals surface area contributed by atoms with Gasteiger partial charge in [-0.3, -0.25) is 0 Å². The Hall–Kier alpha value is -0.120. The Kier molecular flexibility index (Phi) is 5.73. The number of unbranched alkanes of at least 4 members (excludes halogenated alkanes) is 1. The minimum Gasteiger partial charge on any atom is -0.394 e. The summed E-state index contributed by atoms with van der Waals surface area (Å²) in [5.74, 6) is 0.222. The number of aliphatic hydroxyl groups is 2. The average Bonchev–Trinajstić information content (AvgIpc) is 2.28. The molecule has 0 spiro atoms. The Balaban J connectivity index is 2.54. The molecule has 0 bridgehead atoms. The third-order valence-electron chi connectivity index (χ3n) is 3.86. The van der Waals surface area contributed by atoms with Gasteiger partial charge in [-0.15, -0.1) is 0 Å². The van der Waals surface area contributed by atoms with Crippen LogP contribution in [0.5, 0.6) is 0 Å². The first-order valence-corrected chi connectivity index (χ1v) is 6.60. The molecule has 1 aliphatic carbocycles. The van der Waals surface area contributed by atoms with Crippen molar-refractivity contribution in [3.63, 3.8) is 0 Å². The van der Waals surface area contributed by atoms with Crippen molar-refractivity contribution in [1.29, 1.82) is 0 Å². The van der Waals surface area contributed by atoms with Gasteiger partial charge in [0, 0.05) is 6.61 Å². The van der Waals surface area contributed by atoms with E-state index < -0.39 is 11.7 Å². The maximum absolute atomic E-state index is 10.6. The second-order valence-electron chi connectivity index (χ2n) is 5.03. The molecule has 16 heavy (non-hydrogen) atoms. The first-order valence-electron chi connectivity index (χ1n) is 6.60. The highest BCUT2D eigenvalue weighted by Gasteiger charge is 2.43. The molecule has 0 aliphatic heterocycles. The predicted molar refractivity (Wildman–Crippen MR) is 64.3 cm³/mol. The molecule has 1 rings (SSSR count). The van der Waals surface area contributed by atoms with Crippen LogP contribution < -0.4 is 0 Å². The summed E-state index contributed by atoms with van der Waals surface area (Å²) in [5, 5.41) is 20.0. The zero-order valence-corrected chi connectivity index (χ0v) is 10.6. The molecular formula is C13H26O3. The van der Waals surface area contributed by atoms with E-state index in [9.17, 15) is 10.2 Å². The first-order chi connectivity index (χ1) is 7.65. The fourth-order valence-electron chi connectivity index (χ4n) is 2.56. The van der Waals surface area contributed by atoms with E-state index in [1.807, 2.05) is 0 Å². The van der Waals surface area contributed by atoms with Crippen molar-refractivity contribution in [1.82, 2.24) is 0 Å². The lowest BCUT2D eigenvalue weighted by molar-refractivity contribution is -0.166. The summed E-state index contributed by atoms with van der Waals surface area (Å²) >= 11 is 0. The Morgan fingerprint density at radius 1 is 1.44 bits per heavy atom. The molecule has 3 nitrogen and oxygen atoms in total. The maximum atomic E-state index is 10.6. The normalized spacial score (nSPS) is 32.6. The monoisotopic (exact) mass is 230 g/mol. The highest BCUT2D eigenvalue weighted by molar-refractivity contribution is 4.94. The zero-order chi connectivity index (χ0) is 12.0. The van der Waals surface area contributed by atoms with Crippen LogP contribution in [0.4, 0.5) is 0 Å². The molecule has 0 aromatic heterocycles. The number of hydrogen-bond donors (Lipinski definition) is 2. The second kappa shape index (κ2) is 6.58. The molecule has 0 aromatic rings. The average molecular weight is 230 g/mol. The summed E-state index contributed by atoms with van der Waals surface area (Å²) in [6.45, 7) is 4.72. The smallest absolute Gasteiger partial charge is 0.109 e. The van der Waals surface area contributed by atoms with E-state index in [0.717, 1.165) is 32.1 Å². The summed E-state index contributed by atoms with van der Waals surface area (Å²) in [6.07, 6.45) is 5.66. The van der Waals surface area contributed by atoms with Gasteiger partial charge in [0.1, 0.15) is 6.10 Å². The maximum Gasteiger partial charge on any atom is 0.109 e. The van der Waals surface area contributed by atoms with E-state index in [0.29, 0.717) is 6.61 Å². The topological polar surface area (TPSA) is 49.7 Å². The molecule has 1 aliphatic rings. The van der Waals surface area contributed by atoms with Crippen molar-refractivity contribution in [3.8, 4) is 0 Å². The van der Waals surface area contributed by atoms with E-state index in [1.165, 1.54) is 6.42 Å². The Morgan fingerprint density at radius 2 is 2.19 bits per heavy atom. The molecule has 3 atom stereocenters. The van der Waals surface area contributed by atoms with E-state index in [4.69, 9.17) is 4.74 Å². The summed E-state index contributed by atoms with van der Waals surface area (Å²) in [5.41, 5.74) is -0.819. The summed E-state index contributed by atoms with van der Waals surface area (Å²) in [7, 11) is 0. The lowest BCUT2D eigenvalue weighted by Crippen LogP contribution is -2.52. The zero-order valence-electron chi connectivity index (χ0n) is 10.6. The standard InChI is InChI=1S/C13H26O3/c1-3-4-9-16-12(10-14)13(15)8-6-5-7-11(13)2/h11-12,14-15H,3-10H2,1-2H3. The summed E-state index contributed by atoms with van der Waals surface area (Å²) < 4.78 is 5.64. The largest absolute Gasteiger partial charge is 0.394 e. The number of rotatable bonds is 6. The predicted octanol–water partition coefficient (Wildman–Crippen LogP) is 2.11. The molecule has 2 N–H and O–H groups in total. The fourth-order valence-corrected chi connectivity index (χ4v) is 2.56. The second-order valence-corrected chi connectivity index (χ2v) is 5.03. The lowest BCUT2D eigenvalue weighted by Gasteiger charge is -2.43. The molecule has 0 radical (unpaired) electrons. The molecule has 0 amide bonds. The van der Waals surface area contributed by atoms with Crippen LogP contribution in [-0.2, 0) is 4.74 Å². The van der Waals surface area contributed by atoms with Crippen molar-refractivity contribution in [3.05, 3.63) is 0 Å². The van der Waals surface area contributed by atoms with Gasteiger partial charge in [-0.05, 0) is 25.2 Å². The fraction of sp³-hybridized carbons (Fsp3) is 1.00. The van der Waals surface area contributed by atoms with Gasteiger partial charge >= 0.3 is 0 Å². The molecule has 3 unspecified atom stereocenters. The van der Waals surface area contributed by atoms with Crippen LogP contribution in [-0.4, -0.2) is 35.1 Å². The van der Waals surface area contributed by atoms with Crippen molar-refractivity contribution < 1.29 is 14.9 Å². The van der Waals surface area contributed by atoms with Gasteiger partial charge in [0.25, 0.3) is 0 Å². The summed E-state index contributed by atoms with van der Waals surface area (Å²) in [6, 6.07) is 0. The quantitative estimate of drug-likeness (QED) is 0.687. The van der Waals surface area contributed by atoms with Crippen LogP contribution in [0.2, 0.25) is 0 Å². The summed E-state index contributed by atoms with van der Waals surface area (Å²) in [4.78, 5) is 0. The molecule has 96 valence electrons. The molecular weight excluding hydrogens is 204 g/mol. The van der Waals surface area contributed by atoms with E-state index in [2.05, 4.69) is 13.8 Å². The van der Waals surface area contributed by atoms with Crippen molar-refractivity contribution in [2.45, 2.75) is 64.1 Å². The van der Waals surface area contributed by atoms with Gasteiger partial charge < -0.3 is 14.9 Å². The molecule has 0 aromatic carbocycles. The molecule has 1 saturated carbocycles. The molecule has 0 saturated heterocycles. The number of aliphatic hydroxyl groups excluding tert-OH is 1. The van der Waals surface area contributed by atoms with Gasteiger partial charge in [-0.1, -0.05) is 33.1 Å². The minimum atomic E-state index is -0.819. The number of ether oxygens (including phenoxy) is 1. The van der Waals surface area contributed by atoms with Gasteiger partial charge in [0.05, 0.1) is 12.2 Å². The van der Waals surface area contributed by atoms with Gasteiger partial charge in [0.2, 0.25) is 0 Å². The number of hydrogen-bond acceptors (Lipinski definition) is 3. The third kappa shape index (κ3) is 3.19. The molecule has 3 heteroatoms. The van der Waals surface area contributed by atoms with E-state index >= 15 is 0 Å². The Labute approximate surface area is 98.8 Å². The van der Waals surface area contributed by atoms with Crippen molar-refractivity contribution >= 4 is 0 Å². The van der Waals surface area contributed by atoms with Gasteiger partial charge in [0.15, 0.2) is 0 Å². The highest BCUT2D eigenvalue weighted by atomic mass is 16.5. The van der Waals surface area contributed by atoms with Gasteiger partial charge in [-0.25, -0.2) is 0 Å². The molecule has 1 fully saturated rings. The van der Waals surface area contributed by atoms with Crippen LogP contribution in [0.1, 0.15) is 52.4 Å². The van der Waals surface area contributed by atoms with Gasteiger partial charge in [-0.2, -0.15) is 0 Å². The third-order valence-corrected chi connectivity index (χ3v) is 3.86. The highest BCUT2D eigenvalue weighted by Crippen LogP contribution is 2.37. The van der Waals surface area contributed by atoms with Crippen LogP contribution in [0, 0.1) is 5.92 Å². The van der Waals surface area contributed by atoms with Crippen molar-refractivity contribution in [2.24, 2.45) is 5.92 Å². The van der Waals surface area contributed by atoms with Crippen molar-refractivity contribution in [2.75, 3.05) is 13.2 Å². The SMILES string of the molecule is CCCCOC(CO)C1(O)CCCCC1C. The van der Waals surface area contributed by atoms with E-state index in [-0.39, 0.29) is 12.5 Å². The molecule has 0 heterocycles.